The van der Waals surface area contributed by atoms with Gasteiger partial charge in [-0.3, -0.25) is 4.98 Å². The minimum Gasteiger partial charge on any atom is -0.505 e. The fourth-order valence-electron chi connectivity index (χ4n) is 3.63. The summed E-state index contributed by atoms with van der Waals surface area (Å²) in [6.45, 7) is 1.93. The third-order valence-electron chi connectivity index (χ3n) is 5.06. The lowest BCUT2D eigenvalue weighted by atomic mass is 9.95. The van der Waals surface area contributed by atoms with Gasteiger partial charge in [-0.25, -0.2) is 4.98 Å². The Kier molecular flexibility index (Phi) is 4.35. The number of ether oxygens (including phenoxy) is 2. The number of phenols is 1. The van der Waals surface area contributed by atoms with Gasteiger partial charge in [-0.05, 0) is 48.4 Å². The third kappa shape index (κ3) is 3.56. The van der Waals surface area contributed by atoms with Gasteiger partial charge in [-0.1, -0.05) is 24.3 Å². The minimum atomic E-state index is -3.71. The maximum atomic E-state index is 13.5. The molecule has 2 N–H and O–H groups in total. The van der Waals surface area contributed by atoms with Gasteiger partial charge in [0.15, 0.2) is 11.5 Å². The molecule has 31 heavy (non-hydrogen) atoms. The Hall–Kier alpha value is -3.94. The van der Waals surface area contributed by atoms with E-state index in [9.17, 15) is 13.9 Å². The van der Waals surface area contributed by atoms with Crippen LogP contribution in [-0.4, -0.2) is 21.4 Å². The summed E-state index contributed by atoms with van der Waals surface area (Å²) in [6.07, 6.45) is -0.452. The van der Waals surface area contributed by atoms with Crippen LogP contribution < -0.4 is 14.8 Å². The summed E-state index contributed by atoms with van der Waals surface area (Å²) in [5, 5.41) is 15.1. The standard InChI is InChI=1S/C23H17F2N3O3/c1-13-8-10-26-19(11-13)28-20(15-5-7-17-18(12-15)31-23(24,25)30-17)16-6-4-14-3-2-9-27-21(14)22(16)29/h2-12,20,29H,1H3,(H,26,28). The number of hydrogen-bond donors (Lipinski definition) is 2. The number of rotatable bonds is 4. The molecule has 0 saturated heterocycles. The molecule has 3 heterocycles. The molecular formula is C23H17F2N3O3. The molecule has 0 spiro atoms. The van der Waals surface area contributed by atoms with E-state index in [1.807, 2.05) is 31.2 Å². The highest BCUT2D eigenvalue weighted by atomic mass is 19.3. The first-order chi connectivity index (χ1) is 14.9. The van der Waals surface area contributed by atoms with E-state index in [0.717, 1.165) is 10.9 Å². The SMILES string of the molecule is Cc1ccnc(NC(c2ccc3c(c2)OC(F)(F)O3)c2ccc3cccnc3c2O)c1. The molecule has 0 radical (unpaired) electrons. The number of aryl methyl sites for hydroxylation is 1. The highest BCUT2D eigenvalue weighted by Gasteiger charge is 2.43. The van der Waals surface area contributed by atoms with Gasteiger partial charge in [0.1, 0.15) is 17.1 Å². The zero-order chi connectivity index (χ0) is 21.6. The highest BCUT2D eigenvalue weighted by Crippen LogP contribution is 2.44. The number of aromatic nitrogens is 2. The summed E-state index contributed by atoms with van der Waals surface area (Å²) in [4.78, 5) is 8.61. The summed E-state index contributed by atoms with van der Waals surface area (Å²) in [7, 11) is 0. The summed E-state index contributed by atoms with van der Waals surface area (Å²) < 4.78 is 36.1. The first kappa shape index (κ1) is 19.0. The van der Waals surface area contributed by atoms with Crippen LogP contribution in [0.1, 0.15) is 22.7 Å². The fourth-order valence-corrected chi connectivity index (χ4v) is 3.63. The normalized spacial score (nSPS) is 15.1. The fraction of sp³-hybridized carbons (Fsp3) is 0.130. The van der Waals surface area contributed by atoms with Crippen LogP contribution in [0.5, 0.6) is 17.2 Å². The van der Waals surface area contributed by atoms with E-state index in [4.69, 9.17) is 0 Å². The van der Waals surface area contributed by atoms with Crippen molar-refractivity contribution in [2.45, 2.75) is 19.3 Å². The molecule has 0 aliphatic carbocycles. The maximum Gasteiger partial charge on any atom is 0.586 e. The molecule has 0 saturated carbocycles. The molecular weight excluding hydrogens is 404 g/mol. The Labute approximate surface area is 176 Å². The predicted octanol–water partition coefficient (Wildman–Crippen LogP) is 5.17. The van der Waals surface area contributed by atoms with Crippen LogP contribution in [0, 0.1) is 6.92 Å². The van der Waals surface area contributed by atoms with Crippen LogP contribution in [0.25, 0.3) is 10.9 Å². The quantitative estimate of drug-likeness (QED) is 0.474. The molecule has 1 atom stereocenters. The third-order valence-corrected chi connectivity index (χ3v) is 5.06. The molecule has 2 aromatic carbocycles. The number of nitrogens with zero attached hydrogens (tertiary/aromatic N) is 2. The summed E-state index contributed by atoms with van der Waals surface area (Å²) in [5.74, 6) is 0.426. The molecule has 0 fully saturated rings. The van der Waals surface area contributed by atoms with Gasteiger partial charge in [0, 0.05) is 23.3 Å². The molecule has 1 aliphatic heterocycles. The minimum absolute atomic E-state index is 0.00810. The second kappa shape index (κ2) is 7.09. The van der Waals surface area contributed by atoms with E-state index >= 15 is 0 Å². The summed E-state index contributed by atoms with van der Waals surface area (Å²) >= 11 is 0. The summed E-state index contributed by atoms with van der Waals surface area (Å²) in [5.41, 5.74) is 2.52. The number of aromatic hydroxyl groups is 1. The van der Waals surface area contributed by atoms with Crippen LogP contribution in [0.4, 0.5) is 14.6 Å². The van der Waals surface area contributed by atoms with Gasteiger partial charge in [-0.2, -0.15) is 0 Å². The smallest absolute Gasteiger partial charge is 0.505 e. The molecule has 156 valence electrons. The molecule has 2 aromatic heterocycles. The molecule has 0 amide bonds. The number of halogens is 2. The number of hydrogen-bond acceptors (Lipinski definition) is 6. The van der Waals surface area contributed by atoms with Crippen molar-refractivity contribution in [1.82, 2.24) is 9.97 Å². The van der Waals surface area contributed by atoms with E-state index in [-0.39, 0.29) is 17.2 Å². The Morgan fingerprint density at radius 2 is 1.81 bits per heavy atom. The van der Waals surface area contributed by atoms with Crippen LogP contribution in [0.3, 0.4) is 0 Å². The Morgan fingerprint density at radius 3 is 2.65 bits per heavy atom. The number of nitrogens with one attached hydrogen (secondary N) is 1. The van der Waals surface area contributed by atoms with Crippen molar-refractivity contribution in [2.75, 3.05) is 5.32 Å². The Morgan fingerprint density at radius 1 is 0.968 bits per heavy atom. The van der Waals surface area contributed by atoms with E-state index in [0.29, 0.717) is 22.5 Å². The average molecular weight is 421 g/mol. The zero-order valence-corrected chi connectivity index (χ0v) is 16.3. The number of alkyl halides is 2. The highest BCUT2D eigenvalue weighted by molar-refractivity contribution is 5.86. The topological polar surface area (TPSA) is 76.5 Å². The Bertz CT molecular complexity index is 1300. The van der Waals surface area contributed by atoms with E-state index in [1.54, 1.807) is 30.6 Å². The van der Waals surface area contributed by atoms with Crippen molar-refractivity contribution in [3.8, 4) is 17.2 Å². The molecule has 8 heteroatoms. The Balaban J connectivity index is 1.63. The van der Waals surface area contributed by atoms with Gasteiger partial charge in [0.2, 0.25) is 0 Å². The van der Waals surface area contributed by atoms with Gasteiger partial charge in [0.05, 0.1) is 6.04 Å². The van der Waals surface area contributed by atoms with Gasteiger partial charge in [-0.15, -0.1) is 8.78 Å². The van der Waals surface area contributed by atoms with Gasteiger partial charge >= 0.3 is 6.29 Å². The molecule has 1 aliphatic rings. The predicted molar refractivity (Wildman–Crippen MR) is 110 cm³/mol. The first-order valence-electron chi connectivity index (χ1n) is 9.55. The zero-order valence-electron chi connectivity index (χ0n) is 16.3. The molecule has 6 nitrogen and oxygen atoms in total. The second-order valence-electron chi connectivity index (χ2n) is 7.25. The number of fused-ring (bicyclic) bond motifs is 2. The number of phenolic OH excluding ortho intramolecular Hbond substituents is 1. The molecule has 1 unspecified atom stereocenters. The van der Waals surface area contributed by atoms with Crippen LogP contribution in [-0.2, 0) is 0 Å². The van der Waals surface area contributed by atoms with Crippen molar-refractivity contribution < 1.29 is 23.4 Å². The van der Waals surface area contributed by atoms with Crippen LogP contribution in [0.2, 0.25) is 0 Å². The van der Waals surface area contributed by atoms with Crippen molar-refractivity contribution >= 4 is 16.7 Å². The van der Waals surface area contributed by atoms with Crippen molar-refractivity contribution in [2.24, 2.45) is 0 Å². The second-order valence-corrected chi connectivity index (χ2v) is 7.25. The van der Waals surface area contributed by atoms with E-state index in [2.05, 4.69) is 24.8 Å². The van der Waals surface area contributed by atoms with Crippen LogP contribution >= 0.6 is 0 Å². The first-order valence-corrected chi connectivity index (χ1v) is 9.55. The number of anilines is 1. The lowest BCUT2D eigenvalue weighted by Gasteiger charge is -2.22. The summed E-state index contributed by atoms with van der Waals surface area (Å²) in [6, 6.07) is 14.9. The lowest BCUT2D eigenvalue weighted by molar-refractivity contribution is -0.286. The van der Waals surface area contributed by atoms with Crippen LogP contribution in [0.15, 0.2) is 67.0 Å². The van der Waals surface area contributed by atoms with Gasteiger partial charge < -0.3 is 19.9 Å². The van der Waals surface area contributed by atoms with E-state index in [1.165, 1.54) is 12.1 Å². The number of benzene rings is 2. The van der Waals surface area contributed by atoms with Crippen molar-refractivity contribution in [3.05, 3.63) is 83.7 Å². The molecule has 4 aromatic rings. The number of pyridine rings is 2. The maximum absolute atomic E-state index is 13.5. The molecule has 0 bridgehead atoms. The van der Waals surface area contributed by atoms with Crippen molar-refractivity contribution in [3.63, 3.8) is 0 Å². The largest absolute Gasteiger partial charge is 0.586 e. The average Bonchev–Trinajstić information content (AvgIpc) is 3.06. The molecule has 5 rings (SSSR count). The van der Waals surface area contributed by atoms with E-state index < -0.39 is 12.3 Å². The van der Waals surface area contributed by atoms with Crippen molar-refractivity contribution in [1.29, 1.82) is 0 Å². The lowest BCUT2D eigenvalue weighted by Crippen LogP contribution is -2.25. The monoisotopic (exact) mass is 421 g/mol. The van der Waals surface area contributed by atoms with Gasteiger partial charge in [0.25, 0.3) is 0 Å².